The van der Waals surface area contributed by atoms with Crippen molar-refractivity contribution in [2.45, 2.75) is 19.1 Å². The summed E-state index contributed by atoms with van der Waals surface area (Å²) in [5.41, 5.74) is 5.39. The van der Waals surface area contributed by atoms with E-state index < -0.39 is 24.7 Å². The van der Waals surface area contributed by atoms with Crippen LogP contribution in [0.5, 0.6) is 0 Å². The average Bonchev–Trinajstić information content (AvgIpc) is 2.69. The van der Waals surface area contributed by atoms with Crippen LogP contribution in [0.2, 0.25) is 0 Å². The van der Waals surface area contributed by atoms with Crippen LogP contribution in [-0.4, -0.2) is 34.6 Å². The van der Waals surface area contributed by atoms with Gasteiger partial charge in [-0.2, -0.15) is 17.6 Å². The molecule has 1 unspecified atom stereocenters. The maximum Gasteiger partial charge on any atom is 0.407 e. The zero-order chi connectivity index (χ0) is 15.5. The molecule has 1 aromatic rings. The molecular weight excluding hydrogens is 280 g/mol. The number of halogens is 4. The number of aromatic nitrogens is 2. The van der Waals surface area contributed by atoms with E-state index in [0.29, 0.717) is 5.01 Å². The number of nitrogens with one attached hydrogen (secondary N) is 1. The van der Waals surface area contributed by atoms with Gasteiger partial charge < -0.3 is 16.1 Å². The molecular formula is C10H16F4N6. The molecule has 1 heterocycles. The SMILES string of the molecule is CNc1cn(C(C)/C(=C/N)N(N)CC(F)(F)F)nc1F. The maximum atomic E-state index is 13.3. The third-order valence-electron chi connectivity index (χ3n) is 2.63. The Balaban J connectivity index is 2.94. The molecule has 6 nitrogen and oxygen atoms in total. The lowest BCUT2D eigenvalue weighted by molar-refractivity contribution is -0.143. The summed E-state index contributed by atoms with van der Waals surface area (Å²) in [5.74, 6) is 4.58. The Morgan fingerprint density at radius 2 is 2.20 bits per heavy atom. The molecule has 20 heavy (non-hydrogen) atoms. The molecule has 0 saturated heterocycles. The number of alkyl halides is 3. The Labute approximate surface area is 113 Å². The van der Waals surface area contributed by atoms with Crippen LogP contribution in [0.15, 0.2) is 18.1 Å². The van der Waals surface area contributed by atoms with E-state index in [1.54, 1.807) is 0 Å². The monoisotopic (exact) mass is 296 g/mol. The minimum Gasteiger partial charge on any atom is -0.403 e. The molecule has 0 aromatic carbocycles. The maximum absolute atomic E-state index is 13.3. The van der Waals surface area contributed by atoms with Crippen molar-refractivity contribution < 1.29 is 17.6 Å². The van der Waals surface area contributed by atoms with Gasteiger partial charge in [-0.1, -0.05) is 0 Å². The van der Waals surface area contributed by atoms with Gasteiger partial charge in [0.05, 0.1) is 17.9 Å². The molecule has 1 atom stereocenters. The van der Waals surface area contributed by atoms with Gasteiger partial charge in [0.2, 0.25) is 0 Å². The Morgan fingerprint density at radius 1 is 1.60 bits per heavy atom. The summed E-state index contributed by atoms with van der Waals surface area (Å²) in [5, 5.41) is 6.58. The number of hydrogen-bond donors (Lipinski definition) is 3. The summed E-state index contributed by atoms with van der Waals surface area (Å²) >= 11 is 0. The van der Waals surface area contributed by atoms with Gasteiger partial charge in [-0.3, -0.25) is 4.68 Å². The van der Waals surface area contributed by atoms with Gasteiger partial charge in [0.15, 0.2) is 0 Å². The zero-order valence-corrected chi connectivity index (χ0v) is 10.9. The standard InChI is InChI=1S/C10H16F4N6/c1-6(20-4-7(17-2)9(11)18-20)8(3-15)19(16)5-10(12,13)14/h3-4,6,17H,5,15-16H2,1-2H3/b8-3-. The molecule has 5 N–H and O–H groups in total. The number of hydrazine groups is 1. The minimum atomic E-state index is -4.48. The summed E-state index contributed by atoms with van der Waals surface area (Å²) in [4.78, 5) is 0. The highest BCUT2D eigenvalue weighted by Crippen LogP contribution is 2.24. The Morgan fingerprint density at radius 3 is 2.60 bits per heavy atom. The Hall–Kier alpha value is -1.97. The fourth-order valence-corrected chi connectivity index (χ4v) is 1.63. The summed E-state index contributed by atoms with van der Waals surface area (Å²) in [6.07, 6.45) is -2.23. The van der Waals surface area contributed by atoms with Crippen LogP contribution in [0, 0.1) is 5.95 Å². The molecule has 0 radical (unpaired) electrons. The molecule has 10 heteroatoms. The first-order valence-electron chi connectivity index (χ1n) is 5.62. The first-order chi connectivity index (χ1) is 9.19. The van der Waals surface area contributed by atoms with Crippen molar-refractivity contribution in [3.63, 3.8) is 0 Å². The van der Waals surface area contributed by atoms with Crippen LogP contribution in [-0.2, 0) is 0 Å². The lowest BCUT2D eigenvalue weighted by Gasteiger charge is -2.27. The molecule has 0 aliphatic rings. The molecule has 0 saturated carbocycles. The number of rotatable bonds is 5. The Bertz CT molecular complexity index is 481. The number of hydrogen-bond acceptors (Lipinski definition) is 5. The van der Waals surface area contributed by atoms with Crippen molar-refractivity contribution in [3.05, 3.63) is 24.0 Å². The fourth-order valence-electron chi connectivity index (χ4n) is 1.63. The molecule has 1 rings (SSSR count). The number of nitrogens with two attached hydrogens (primary N) is 2. The van der Waals surface area contributed by atoms with Gasteiger partial charge in [0.25, 0.3) is 5.95 Å². The van der Waals surface area contributed by atoms with Crippen molar-refractivity contribution in [1.29, 1.82) is 0 Å². The Kier molecular flexibility index (Phi) is 4.82. The number of allylic oxidation sites excluding steroid dienone is 1. The van der Waals surface area contributed by atoms with Crippen molar-refractivity contribution >= 4 is 5.69 Å². The predicted molar refractivity (Wildman–Crippen MR) is 65.7 cm³/mol. The van der Waals surface area contributed by atoms with Crippen LogP contribution in [0.25, 0.3) is 0 Å². The van der Waals surface area contributed by atoms with Gasteiger partial charge in [-0.25, -0.2) is 5.84 Å². The predicted octanol–water partition coefficient (Wildman–Crippen LogP) is 1.16. The lowest BCUT2D eigenvalue weighted by Crippen LogP contribution is -2.41. The van der Waals surface area contributed by atoms with Gasteiger partial charge in [0, 0.05) is 13.2 Å². The molecule has 114 valence electrons. The second-order valence-electron chi connectivity index (χ2n) is 4.07. The summed E-state index contributed by atoms with van der Waals surface area (Å²) in [7, 11) is 1.49. The van der Waals surface area contributed by atoms with E-state index in [2.05, 4.69) is 10.4 Å². The lowest BCUT2D eigenvalue weighted by atomic mass is 10.2. The first kappa shape index (κ1) is 16.1. The summed E-state index contributed by atoms with van der Waals surface area (Å²) in [6, 6.07) is -0.760. The van der Waals surface area contributed by atoms with E-state index in [0.717, 1.165) is 10.9 Å². The topological polar surface area (TPSA) is 85.1 Å². The number of anilines is 1. The second-order valence-corrected chi connectivity index (χ2v) is 4.07. The van der Waals surface area contributed by atoms with Crippen LogP contribution in [0.3, 0.4) is 0 Å². The molecule has 0 amide bonds. The van der Waals surface area contributed by atoms with Crippen LogP contribution in [0.1, 0.15) is 13.0 Å². The highest BCUT2D eigenvalue weighted by atomic mass is 19.4. The fraction of sp³-hybridized carbons (Fsp3) is 0.500. The second kappa shape index (κ2) is 5.99. The molecule has 0 aliphatic heterocycles. The zero-order valence-electron chi connectivity index (χ0n) is 10.9. The molecule has 0 spiro atoms. The van der Waals surface area contributed by atoms with E-state index in [1.165, 1.54) is 20.2 Å². The van der Waals surface area contributed by atoms with E-state index in [9.17, 15) is 17.6 Å². The van der Waals surface area contributed by atoms with Gasteiger partial charge >= 0.3 is 6.18 Å². The van der Waals surface area contributed by atoms with E-state index >= 15 is 0 Å². The third kappa shape index (κ3) is 3.76. The molecule has 0 fully saturated rings. The summed E-state index contributed by atoms with van der Waals surface area (Å²) < 4.78 is 51.4. The first-order valence-corrected chi connectivity index (χ1v) is 5.62. The third-order valence-corrected chi connectivity index (χ3v) is 2.63. The molecule has 1 aromatic heterocycles. The highest BCUT2D eigenvalue weighted by Gasteiger charge is 2.32. The van der Waals surface area contributed by atoms with E-state index in [1.807, 2.05) is 0 Å². The van der Waals surface area contributed by atoms with Gasteiger partial charge in [-0.15, -0.1) is 5.10 Å². The summed E-state index contributed by atoms with van der Waals surface area (Å²) in [6.45, 7) is 0.129. The van der Waals surface area contributed by atoms with Crippen LogP contribution >= 0.6 is 0 Å². The van der Waals surface area contributed by atoms with Gasteiger partial charge in [0.1, 0.15) is 12.2 Å². The van der Waals surface area contributed by atoms with Crippen LogP contribution < -0.4 is 16.9 Å². The van der Waals surface area contributed by atoms with Gasteiger partial charge in [-0.05, 0) is 6.92 Å². The quantitative estimate of drug-likeness (QED) is 0.431. The highest BCUT2D eigenvalue weighted by molar-refractivity contribution is 5.39. The molecule has 0 aliphatic carbocycles. The van der Waals surface area contributed by atoms with Crippen molar-refractivity contribution in [3.8, 4) is 0 Å². The van der Waals surface area contributed by atoms with Crippen molar-refractivity contribution in [1.82, 2.24) is 14.8 Å². The molecule has 0 bridgehead atoms. The van der Waals surface area contributed by atoms with E-state index in [-0.39, 0.29) is 11.4 Å². The van der Waals surface area contributed by atoms with E-state index in [4.69, 9.17) is 11.6 Å². The minimum absolute atomic E-state index is 0.0347. The van der Waals surface area contributed by atoms with Crippen molar-refractivity contribution in [2.24, 2.45) is 11.6 Å². The largest absolute Gasteiger partial charge is 0.407 e. The smallest absolute Gasteiger partial charge is 0.403 e. The van der Waals surface area contributed by atoms with Crippen LogP contribution in [0.4, 0.5) is 23.2 Å². The normalized spacial score (nSPS) is 14.2. The average molecular weight is 296 g/mol. The van der Waals surface area contributed by atoms with Crippen molar-refractivity contribution in [2.75, 3.05) is 18.9 Å². The number of nitrogens with zero attached hydrogens (tertiary/aromatic N) is 3.